The molecule has 26 heavy (non-hydrogen) atoms. The lowest BCUT2D eigenvalue weighted by molar-refractivity contribution is -0.143. The van der Waals surface area contributed by atoms with Crippen molar-refractivity contribution < 1.29 is 9.53 Å². The monoisotopic (exact) mass is 373 g/mol. The third-order valence-corrected chi connectivity index (χ3v) is 4.84. The quantitative estimate of drug-likeness (QED) is 0.588. The fraction of sp³-hybridized carbons (Fsp3) is 0.444. The Morgan fingerprint density at radius 3 is 3.04 bits per heavy atom. The van der Waals surface area contributed by atoms with Crippen molar-refractivity contribution in [2.24, 2.45) is 0 Å². The molecule has 3 rings (SSSR count). The van der Waals surface area contributed by atoms with E-state index in [2.05, 4.69) is 31.2 Å². The molecular weight excluding hydrogens is 350 g/mol. The Labute approximate surface area is 157 Å². The van der Waals surface area contributed by atoms with E-state index < -0.39 is 0 Å². The van der Waals surface area contributed by atoms with E-state index in [0.717, 1.165) is 47.6 Å². The van der Waals surface area contributed by atoms with Crippen LogP contribution in [0, 0.1) is 6.92 Å². The van der Waals surface area contributed by atoms with Gasteiger partial charge in [-0.15, -0.1) is 11.3 Å². The first-order valence-corrected chi connectivity index (χ1v) is 9.55. The summed E-state index contributed by atoms with van der Waals surface area (Å²) in [6.07, 6.45) is 7.71. The zero-order chi connectivity index (χ0) is 18.4. The van der Waals surface area contributed by atoms with E-state index in [4.69, 9.17) is 4.74 Å². The first-order valence-electron chi connectivity index (χ1n) is 8.74. The SMILES string of the molecule is CCOC(=O)CCC1=CCCN(c2cc(Nc3ncc(C)s3)ncn2)C1. The molecule has 0 amide bonds. The second-order valence-electron chi connectivity index (χ2n) is 6.04. The zero-order valence-electron chi connectivity index (χ0n) is 15.1. The molecule has 0 saturated heterocycles. The van der Waals surface area contributed by atoms with Gasteiger partial charge in [-0.25, -0.2) is 15.0 Å². The number of nitrogens with one attached hydrogen (secondary N) is 1. The van der Waals surface area contributed by atoms with Crippen LogP contribution in [0.2, 0.25) is 0 Å². The Morgan fingerprint density at radius 1 is 1.38 bits per heavy atom. The number of rotatable bonds is 7. The molecule has 0 aliphatic carbocycles. The molecule has 138 valence electrons. The summed E-state index contributed by atoms with van der Waals surface area (Å²) in [5, 5.41) is 4.04. The number of ether oxygens (including phenoxy) is 1. The molecule has 2 aromatic rings. The second kappa shape index (κ2) is 8.75. The Kier molecular flexibility index (Phi) is 6.17. The maximum atomic E-state index is 11.6. The molecule has 1 aliphatic heterocycles. The van der Waals surface area contributed by atoms with Crippen LogP contribution in [0.4, 0.5) is 16.8 Å². The Hall–Kier alpha value is -2.48. The number of aromatic nitrogens is 3. The van der Waals surface area contributed by atoms with Crippen molar-refractivity contribution >= 4 is 34.1 Å². The number of aryl methyl sites for hydroxylation is 1. The normalized spacial score (nSPS) is 14.1. The summed E-state index contributed by atoms with van der Waals surface area (Å²) in [4.78, 5) is 27.9. The van der Waals surface area contributed by atoms with Gasteiger partial charge in [-0.1, -0.05) is 11.6 Å². The zero-order valence-corrected chi connectivity index (χ0v) is 15.9. The highest BCUT2D eigenvalue weighted by atomic mass is 32.1. The van der Waals surface area contributed by atoms with Gasteiger partial charge in [-0.05, 0) is 26.7 Å². The Morgan fingerprint density at radius 2 is 2.27 bits per heavy atom. The standard InChI is InChI=1S/C18H23N5O2S/c1-3-25-17(24)7-6-14-5-4-8-23(11-14)16-9-15(20-12-21-16)22-18-19-10-13(2)26-18/h5,9-10,12H,3-4,6-8,11H2,1-2H3,(H,19,20,21,22). The van der Waals surface area contributed by atoms with E-state index in [1.807, 2.05) is 26.1 Å². The average molecular weight is 373 g/mol. The number of carbonyl (C=O) groups is 1. The van der Waals surface area contributed by atoms with Gasteiger partial charge in [0.15, 0.2) is 5.13 Å². The number of hydrogen-bond acceptors (Lipinski definition) is 8. The molecule has 2 aromatic heterocycles. The van der Waals surface area contributed by atoms with Gasteiger partial charge in [0.2, 0.25) is 0 Å². The van der Waals surface area contributed by atoms with Gasteiger partial charge in [0.05, 0.1) is 6.61 Å². The maximum Gasteiger partial charge on any atom is 0.306 e. The van der Waals surface area contributed by atoms with E-state index in [1.54, 1.807) is 17.7 Å². The molecule has 0 fully saturated rings. The molecule has 1 N–H and O–H groups in total. The van der Waals surface area contributed by atoms with E-state index >= 15 is 0 Å². The van der Waals surface area contributed by atoms with Crippen molar-refractivity contribution in [3.63, 3.8) is 0 Å². The molecule has 0 atom stereocenters. The lowest BCUT2D eigenvalue weighted by atomic mass is 10.0. The topological polar surface area (TPSA) is 80.2 Å². The lowest BCUT2D eigenvalue weighted by Crippen LogP contribution is -2.30. The minimum Gasteiger partial charge on any atom is -0.466 e. The van der Waals surface area contributed by atoms with Crippen LogP contribution in [0.1, 0.15) is 31.1 Å². The molecule has 0 saturated carbocycles. The van der Waals surface area contributed by atoms with Crippen molar-refractivity contribution in [1.29, 1.82) is 0 Å². The van der Waals surface area contributed by atoms with Gasteiger partial charge in [0.25, 0.3) is 0 Å². The molecule has 0 unspecified atom stereocenters. The van der Waals surface area contributed by atoms with E-state index in [-0.39, 0.29) is 5.97 Å². The van der Waals surface area contributed by atoms with Crippen molar-refractivity contribution in [2.45, 2.75) is 33.1 Å². The number of carbonyl (C=O) groups excluding carboxylic acids is 1. The Bertz CT molecular complexity index is 789. The molecule has 0 bridgehead atoms. The number of anilines is 3. The molecule has 8 heteroatoms. The van der Waals surface area contributed by atoms with E-state index in [1.165, 1.54) is 5.57 Å². The second-order valence-corrected chi connectivity index (χ2v) is 7.27. The smallest absolute Gasteiger partial charge is 0.306 e. The molecule has 0 spiro atoms. The number of thiazole rings is 1. The fourth-order valence-corrected chi connectivity index (χ4v) is 3.47. The molecule has 7 nitrogen and oxygen atoms in total. The van der Waals surface area contributed by atoms with Crippen LogP contribution >= 0.6 is 11.3 Å². The number of hydrogen-bond donors (Lipinski definition) is 1. The Balaban J connectivity index is 1.61. The summed E-state index contributed by atoms with van der Waals surface area (Å²) in [6, 6.07) is 1.94. The first-order chi connectivity index (χ1) is 12.6. The summed E-state index contributed by atoms with van der Waals surface area (Å²) in [7, 11) is 0. The molecule has 1 aliphatic rings. The summed E-state index contributed by atoms with van der Waals surface area (Å²) in [5.41, 5.74) is 1.24. The maximum absolute atomic E-state index is 11.6. The number of esters is 1. The van der Waals surface area contributed by atoms with Crippen LogP contribution in [0.25, 0.3) is 0 Å². The van der Waals surface area contributed by atoms with Crippen molar-refractivity contribution in [3.8, 4) is 0 Å². The predicted octanol–water partition coefficient (Wildman–Crippen LogP) is 3.46. The number of nitrogens with zero attached hydrogens (tertiary/aromatic N) is 4. The minimum absolute atomic E-state index is 0.141. The van der Waals surface area contributed by atoms with Gasteiger partial charge in [-0.3, -0.25) is 4.79 Å². The summed E-state index contributed by atoms with van der Waals surface area (Å²) in [6.45, 7) is 5.95. The van der Waals surface area contributed by atoms with Crippen molar-refractivity contribution in [1.82, 2.24) is 15.0 Å². The molecular formula is C18H23N5O2S. The van der Waals surface area contributed by atoms with Crippen LogP contribution in [0.15, 0.2) is 30.2 Å². The highest BCUT2D eigenvalue weighted by molar-refractivity contribution is 7.15. The highest BCUT2D eigenvalue weighted by Crippen LogP contribution is 2.24. The van der Waals surface area contributed by atoms with Crippen molar-refractivity contribution in [2.75, 3.05) is 29.9 Å². The van der Waals surface area contributed by atoms with Gasteiger partial charge in [-0.2, -0.15) is 0 Å². The van der Waals surface area contributed by atoms with Crippen LogP contribution in [0.5, 0.6) is 0 Å². The van der Waals surface area contributed by atoms with Crippen LogP contribution in [0.3, 0.4) is 0 Å². The lowest BCUT2D eigenvalue weighted by Gasteiger charge is -2.28. The van der Waals surface area contributed by atoms with Gasteiger partial charge < -0.3 is 15.0 Å². The fourth-order valence-electron chi connectivity index (χ4n) is 2.80. The van der Waals surface area contributed by atoms with E-state index in [9.17, 15) is 4.79 Å². The third-order valence-electron chi connectivity index (χ3n) is 4.01. The van der Waals surface area contributed by atoms with Gasteiger partial charge in [0.1, 0.15) is 18.0 Å². The van der Waals surface area contributed by atoms with Gasteiger partial charge in [0, 0.05) is 36.7 Å². The summed E-state index contributed by atoms with van der Waals surface area (Å²) in [5.74, 6) is 1.46. The van der Waals surface area contributed by atoms with Gasteiger partial charge >= 0.3 is 5.97 Å². The van der Waals surface area contributed by atoms with E-state index in [0.29, 0.717) is 13.0 Å². The minimum atomic E-state index is -0.141. The van der Waals surface area contributed by atoms with Crippen LogP contribution in [-0.2, 0) is 9.53 Å². The summed E-state index contributed by atoms with van der Waals surface area (Å²) < 4.78 is 5.00. The first kappa shape index (κ1) is 18.3. The van der Waals surface area contributed by atoms with Crippen molar-refractivity contribution in [3.05, 3.63) is 35.1 Å². The van der Waals surface area contributed by atoms with Crippen LogP contribution in [-0.4, -0.2) is 40.6 Å². The highest BCUT2D eigenvalue weighted by Gasteiger charge is 2.16. The van der Waals surface area contributed by atoms with Crippen LogP contribution < -0.4 is 10.2 Å². The largest absolute Gasteiger partial charge is 0.466 e. The molecule has 0 radical (unpaired) electrons. The molecule has 3 heterocycles. The summed E-state index contributed by atoms with van der Waals surface area (Å²) >= 11 is 1.59. The molecule has 0 aromatic carbocycles. The third kappa shape index (κ3) is 5.01. The average Bonchev–Trinajstić information content (AvgIpc) is 3.05. The predicted molar refractivity (Wildman–Crippen MR) is 103 cm³/mol.